The molecule has 2 N–H and O–H groups in total. The Morgan fingerprint density at radius 2 is 2.16 bits per heavy atom. The second-order valence-corrected chi connectivity index (χ2v) is 5.22. The minimum absolute atomic E-state index is 0.387. The summed E-state index contributed by atoms with van der Waals surface area (Å²) in [5.41, 5.74) is 7.00. The number of nitrogens with two attached hydrogens (primary N) is 1. The van der Waals surface area contributed by atoms with Gasteiger partial charge in [0.15, 0.2) is 5.13 Å². The highest BCUT2D eigenvalue weighted by atomic mass is 35.5. The third-order valence-corrected chi connectivity index (χ3v) is 3.59. The average molecular weight is 294 g/mol. The smallest absolute Gasteiger partial charge is 0.270 e. The van der Waals surface area contributed by atoms with Crippen molar-refractivity contribution in [3.8, 4) is 22.3 Å². The molecule has 0 fully saturated rings. The van der Waals surface area contributed by atoms with Gasteiger partial charge >= 0.3 is 0 Å². The maximum Gasteiger partial charge on any atom is 0.270 e. The largest absolute Gasteiger partial charge is 0.375 e. The molecule has 0 bridgehead atoms. The number of hydrogen-bond donors (Lipinski definition) is 1. The molecule has 0 radical (unpaired) electrons. The third-order valence-electron chi connectivity index (χ3n) is 2.39. The van der Waals surface area contributed by atoms with E-state index < -0.39 is 0 Å². The maximum atomic E-state index is 5.78. The van der Waals surface area contributed by atoms with Crippen molar-refractivity contribution in [3.05, 3.63) is 29.0 Å². The summed E-state index contributed by atoms with van der Waals surface area (Å²) in [6.07, 6.45) is 1.53. The molecule has 3 heterocycles. The molecule has 3 aromatic heterocycles. The third kappa shape index (κ3) is 2.29. The van der Waals surface area contributed by atoms with E-state index in [1.54, 1.807) is 12.1 Å². The van der Waals surface area contributed by atoms with Gasteiger partial charge in [0, 0.05) is 6.20 Å². The van der Waals surface area contributed by atoms with Crippen molar-refractivity contribution in [2.45, 2.75) is 6.92 Å². The van der Waals surface area contributed by atoms with Crippen LogP contribution >= 0.6 is 22.9 Å². The fraction of sp³-hybridized carbons (Fsp3) is 0.0909. The number of pyridine rings is 1. The number of aromatic nitrogens is 4. The van der Waals surface area contributed by atoms with Gasteiger partial charge in [0.05, 0.1) is 10.7 Å². The first-order valence-electron chi connectivity index (χ1n) is 5.32. The van der Waals surface area contributed by atoms with Gasteiger partial charge in [0.25, 0.3) is 5.89 Å². The Balaban J connectivity index is 1.99. The van der Waals surface area contributed by atoms with Crippen molar-refractivity contribution < 1.29 is 4.52 Å². The predicted molar refractivity (Wildman–Crippen MR) is 72.8 cm³/mol. The number of thiazole rings is 1. The minimum atomic E-state index is 0.387. The summed E-state index contributed by atoms with van der Waals surface area (Å²) >= 11 is 7.08. The molecule has 0 saturated heterocycles. The number of halogens is 1. The van der Waals surface area contributed by atoms with E-state index in [0.29, 0.717) is 27.6 Å². The number of hydrogen-bond acceptors (Lipinski definition) is 7. The van der Waals surface area contributed by atoms with Crippen molar-refractivity contribution >= 4 is 28.1 Å². The lowest BCUT2D eigenvalue weighted by molar-refractivity contribution is 0.432. The van der Waals surface area contributed by atoms with Crippen LogP contribution in [0.25, 0.3) is 22.3 Å². The van der Waals surface area contributed by atoms with Crippen LogP contribution in [-0.2, 0) is 0 Å². The molecule has 6 nitrogen and oxygen atoms in total. The zero-order valence-corrected chi connectivity index (χ0v) is 11.4. The zero-order valence-electron chi connectivity index (χ0n) is 9.79. The molecule has 0 aromatic carbocycles. The van der Waals surface area contributed by atoms with E-state index in [2.05, 4.69) is 20.1 Å². The first-order chi connectivity index (χ1) is 9.13. The Hall–Kier alpha value is -1.99. The fourth-order valence-corrected chi connectivity index (χ4v) is 2.41. The highest BCUT2D eigenvalue weighted by Gasteiger charge is 2.16. The SMILES string of the molecule is Cc1nc(N)sc1-c1nc(-c2ccc(Cl)cn2)no1. The average Bonchev–Trinajstić information content (AvgIpc) is 2.97. The second kappa shape index (κ2) is 4.60. The highest BCUT2D eigenvalue weighted by Crippen LogP contribution is 2.31. The number of nitrogen functional groups attached to an aromatic ring is 1. The van der Waals surface area contributed by atoms with E-state index in [4.69, 9.17) is 21.9 Å². The molecule has 19 heavy (non-hydrogen) atoms. The van der Waals surface area contributed by atoms with Crippen LogP contribution in [0.1, 0.15) is 5.69 Å². The van der Waals surface area contributed by atoms with Gasteiger partial charge in [-0.2, -0.15) is 4.98 Å². The van der Waals surface area contributed by atoms with Crippen LogP contribution in [-0.4, -0.2) is 20.1 Å². The maximum absolute atomic E-state index is 5.78. The van der Waals surface area contributed by atoms with Gasteiger partial charge in [-0.25, -0.2) is 4.98 Å². The van der Waals surface area contributed by atoms with Gasteiger partial charge in [0.1, 0.15) is 10.6 Å². The fourth-order valence-electron chi connectivity index (χ4n) is 1.54. The molecule has 3 rings (SSSR count). The Morgan fingerprint density at radius 3 is 2.79 bits per heavy atom. The van der Waals surface area contributed by atoms with Gasteiger partial charge in [0.2, 0.25) is 5.82 Å². The summed E-state index contributed by atoms with van der Waals surface area (Å²) in [6, 6.07) is 3.45. The number of rotatable bonds is 2. The lowest BCUT2D eigenvalue weighted by Crippen LogP contribution is -1.85. The molecule has 0 unspecified atom stereocenters. The molecule has 0 spiro atoms. The Morgan fingerprint density at radius 1 is 1.32 bits per heavy atom. The quantitative estimate of drug-likeness (QED) is 0.781. The van der Waals surface area contributed by atoms with Crippen LogP contribution in [0.3, 0.4) is 0 Å². The molecule has 0 aliphatic carbocycles. The van der Waals surface area contributed by atoms with Crippen molar-refractivity contribution in [2.24, 2.45) is 0 Å². The van der Waals surface area contributed by atoms with Gasteiger partial charge in [-0.05, 0) is 19.1 Å². The van der Waals surface area contributed by atoms with Crippen LogP contribution in [0.4, 0.5) is 5.13 Å². The molecule has 0 saturated carbocycles. The van der Waals surface area contributed by atoms with E-state index in [1.807, 2.05) is 6.92 Å². The lowest BCUT2D eigenvalue weighted by Gasteiger charge is -1.92. The van der Waals surface area contributed by atoms with E-state index in [1.165, 1.54) is 17.5 Å². The van der Waals surface area contributed by atoms with Crippen LogP contribution in [0, 0.1) is 6.92 Å². The van der Waals surface area contributed by atoms with Gasteiger partial charge in [-0.1, -0.05) is 28.1 Å². The molecule has 0 aliphatic heterocycles. The molecule has 3 aromatic rings. The van der Waals surface area contributed by atoms with E-state index >= 15 is 0 Å². The van der Waals surface area contributed by atoms with Crippen molar-refractivity contribution in [1.82, 2.24) is 20.1 Å². The highest BCUT2D eigenvalue weighted by molar-refractivity contribution is 7.18. The van der Waals surface area contributed by atoms with E-state index in [0.717, 1.165) is 10.6 Å². The first kappa shape index (κ1) is 12.1. The second-order valence-electron chi connectivity index (χ2n) is 3.75. The van der Waals surface area contributed by atoms with Gasteiger partial charge in [-0.15, -0.1) is 0 Å². The molecule has 0 aliphatic rings. The normalized spacial score (nSPS) is 10.8. The summed E-state index contributed by atoms with van der Waals surface area (Å²) < 4.78 is 5.21. The Kier molecular flexibility index (Phi) is 2.92. The van der Waals surface area contributed by atoms with Gasteiger partial charge in [-0.3, -0.25) is 4.98 Å². The van der Waals surface area contributed by atoms with Crippen LogP contribution < -0.4 is 5.73 Å². The number of anilines is 1. The van der Waals surface area contributed by atoms with Crippen molar-refractivity contribution in [3.63, 3.8) is 0 Å². The monoisotopic (exact) mass is 293 g/mol. The van der Waals surface area contributed by atoms with Crippen LogP contribution in [0.5, 0.6) is 0 Å². The van der Waals surface area contributed by atoms with Crippen LogP contribution in [0.2, 0.25) is 5.02 Å². The molecule has 0 amide bonds. The first-order valence-corrected chi connectivity index (χ1v) is 6.52. The van der Waals surface area contributed by atoms with E-state index in [-0.39, 0.29) is 0 Å². The lowest BCUT2D eigenvalue weighted by atomic mass is 10.3. The summed E-state index contributed by atoms with van der Waals surface area (Å²) in [7, 11) is 0. The zero-order chi connectivity index (χ0) is 13.4. The summed E-state index contributed by atoms with van der Waals surface area (Å²) in [6.45, 7) is 1.84. The molecular formula is C11H8ClN5OS. The van der Waals surface area contributed by atoms with E-state index in [9.17, 15) is 0 Å². The Bertz CT molecular complexity index is 721. The van der Waals surface area contributed by atoms with Crippen molar-refractivity contribution in [1.29, 1.82) is 0 Å². The topological polar surface area (TPSA) is 90.7 Å². The molecular weight excluding hydrogens is 286 g/mol. The minimum Gasteiger partial charge on any atom is -0.375 e. The van der Waals surface area contributed by atoms with Crippen molar-refractivity contribution in [2.75, 3.05) is 5.73 Å². The van der Waals surface area contributed by atoms with Gasteiger partial charge < -0.3 is 10.3 Å². The number of aryl methyl sites for hydroxylation is 1. The standard InChI is InChI=1S/C11H8ClN5OS/c1-5-8(19-11(13)15-5)10-16-9(17-18-10)7-3-2-6(12)4-14-7/h2-4H,1H3,(H2,13,15). The molecule has 96 valence electrons. The summed E-state index contributed by atoms with van der Waals surface area (Å²) in [5, 5.41) is 4.91. The summed E-state index contributed by atoms with van der Waals surface area (Å²) in [5.74, 6) is 0.788. The summed E-state index contributed by atoms with van der Waals surface area (Å²) in [4.78, 5) is 13.3. The predicted octanol–water partition coefficient (Wildman–Crippen LogP) is 2.80. The molecule has 8 heteroatoms. The Labute approximate surface area is 117 Å². The number of nitrogens with zero attached hydrogens (tertiary/aromatic N) is 4. The van der Waals surface area contributed by atoms with Crippen LogP contribution in [0.15, 0.2) is 22.9 Å². The molecule has 0 atom stereocenters.